The molecule has 0 aromatic heterocycles. The van der Waals surface area contributed by atoms with Crippen molar-refractivity contribution >= 4 is 11.4 Å². The average Bonchev–Trinajstić information content (AvgIpc) is 2.52. The van der Waals surface area contributed by atoms with Crippen LogP contribution in [0.2, 0.25) is 0 Å². The van der Waals surface area contributed by atoms with Crippen LogP contribution in [-0.2, 0) is 0 Å². The molecule has 1 unspecified atom stereocenters. The van der Waals surface area contributed by atoms with Crippen LogP contribution in [0.3, 0.4) is 0 Å². The quantitative estimate of drug-likeness (QED) is 0.623. The summed E-state index contributed by atoms with van der Waals surface area (Å²) in [6.45, 7) is 10.4. The van der Waals surface area contributed by atoms with E-state index in [0.717, 1.165) is 29.5 Å². The molecule has 2 nitrogen and oxygen atoms in total. The summed E-state index contributed by atoms with van der Waals surface area (Å²) in [6.07, 6.45) is 1.90. The summed E-state index contributed by atoms with van der Waals surface area (Å²) in [5, 5.41) is 17.5. The molecule has 2 N–H and O–H groups in total. The fraction of sp³-hybridized carbons (Fsp3) is 0.364. The van der Waals surface area contributed by atoms with Gasteiger partial charge in [-0.25, -0.2) is 0 Å². The Labute approximate surface area is 146 Å². The van der Waals surface area contributed by atoms with Crippen LogP contribution in [0.4, 0.5) is 0 Å². The molecule has 0 radical (unpaired) electrons. The minimum Gasteiger partial charge on any atom is -0.302 e. The van der Waals surface area contributed by atoms with Crippen LogP contribution in [-0.4, -0.2) is 11.4 Å². The van der Waals surface area contributed by atoms with Crippen molar-refractivity contribution in [2.45, 2.75) is 53.4 Å². The highest BCUT2D eigenvalue weighted by Crippen LogP contribution is 2.30. The highest BCUT2D eigenvalue weighted by atomic mass is 14.6. The maximum Gasteiger partial charge on any atom is 0.0831 e. The SMILES string of the molecule is CCCC(C(=N)C(=N)c1c(C)cccc1C)c1c(C)cccc1C. The molecule has 2 aromatic carbocycles. The fourth-order valence-corrected chi connectivity index (χ4v) is 3.62. The predicted molar refractivity (Wildman–Crippen MR) is 104 cm³/mol. The Morgan fingerprint density at radius 1 is 0.833 bits per heavy atom. The molecule has 0 fully saturated rings. The third kappa shape index (κ3) is 3.48. The van der Waals surface area contributed by atoms with Gasteiger partial charge in [0, 0.05) is 11.5 Å². The van der Waals surface area contributed by atoms with E-state index in [2.05, 4.69) is 39.0 Å². The Kier molecular flexibility index (Phi) is 5.71. The van der Waals surface area contributed by atoms with E-state index < -0.39 is 0 Å². The molecule has 0 bridgehead atoms. The van der Waals surface area contributed by atoms with Gasteiger partial charge in [0.2, 0.25) is 0 Å². The van der Waals surface area contributed by atoms with Gasteiger partial charge in [-0.3, -0.25) is 5.41 Å². The van der Waals surface area contributed by atoms with Crippen molar-refractivity contribution in [3.05, 3.63) is 69.8 Å². The minimum atomic E-state index is -0.0114. The monoisotopic (exact) mass is 320 g/mol. The maximum atomic E-state index is 8.79. The fourth-order valence-electron chi connectivity index (χ4n) is 3.62. The summed E-state index contributed by atoms with van der Waals surface area (Å²) in [5.41, 5.74) is 7.51. The molecule has 0 amide bonds. The van der Waals surface area contributed by atoms with E-state index in [1.54, 1.807) is 0 Å². The molecule has 0 spiro atoms. The topological polar surface area (TPSA) is 47.7 Å². The first-order chi connectivity index (χ1) is 11.4. The Hall–Kier alpha value is -2.22. The Morgan fingerprint density at radius 3 is 1.75 bits per heavy atom. The zero-order valence-electron chi connectivity index (χ0n) is 15.5. The molecular formula is C22H28N2. The molecule has 0 aliphatic carbocycles. The van der Waals surface area contributed by atoms with Crippen LogP contribution in [0.15, 0.2) is 36.4 Å². The Bertz CT molecular complexity index is 731. The Balaban J connectivity index is 2.49. The lowest BCUT2D eigenvalue weighted by atomic mass is 9.81. The molecule has 0 saturated carbocycles. The van der Waals surface area contributed by atoms with E-state index >= 15 is 0 Å². The van der Waals surface area contributed by atoms with Crippen LogP contribution in [0.1, 0.15) is 59.1 Å². The number of hydrogen-bond acceptors (Lipinski definition) is 2. The van der Waals surface area contributed by atoms with Gasteiger partial charge in [-0.15, -0.1) is 0 Å². The van der Waals surface area contributed by atoms with E-state index in [-0.39, 0.29) is 5.92 Å². The minimum absolute atomic E-state index is 0.0114. The third-order valence-electron chi connectivity index (χ3n) is 4.82. The summed E-state index contributed by atoms with van der Waals surface area (Å²) in [7, 11) is 0. The van der Waals surface area contributed by atoms with E-state index in [1.807, 2.05) is 32.0 Å². The van der Waals surface area contributed by atoms with Crippen molar-refractivity contribution in [2.75, 3.05) is 0 Å². The Morgan fingerprint density at radius 2 is 1.29 bits per heavy atom. The first-order valence-electron chi connectivity index (χ1n) is 8.68. The van der Waals surface area contributed by atoms with Crippen molar-refractivity contribution in [1.29, 1.82) is 10.8 Å². The van der Waals surface area contributed by atoms with Crippen LogP contribution in [0, 0.1) is 38.5 Å². The van der Waals surface area contributed by atoms with Gasteiger partial charge < -0.3 is 5.41 Å². The normalized spacial score (nSPS) is 12.0. The van der Waals surface area contributed by atoms with E-state index in [4.69, 9.17) is 10.8 Å². The lowest BCUT2D eigenvalue weighted by Crippen LogP contribution is -2.24. The molecule has 0 heterocycles. The second-order valence-electron chi connectivity index (χ2n) is 6.70. The molecule has 0 saturated heterocycles. The van der Waals surface area contributed by atoms with Gasteiger partial charge in [0.05, 0.1) is 11.4 Å². The standard InChI is InChI=1S/C22H28N2/c1-6-9-18(19-14(2)10-7-11-15(19)3)21(23)22(24)20-16(4)12-8-13-17(20)5/h7-8,10-13,18,23-24H,6,9H2,1-5H3. The third-order valence-corrected chi connectivity index (χ3v) is 4.82. The molecule has 2 rings (SSSR count). The van der Waals surface area contributed by atoms with Crippen molar-refractivity contribution in [1.82, 2.24) is 0 Å². The van der Waals surface area contributed by atoms with Crippen molar-refractivity contribution in [3.8, 4) is 0 Å². The summed E-state index contributed by atoms with van der Waals surface area (Å²) in [5.74, 6) is -0.0114. The molecule has 0 aliphatic rings. The summed E-state index contributed by atoms with van der Waals surface area (Å²) in [6, 6.07) is 12.4. The molecule has 1 atom stereocenters. The van der Waals surface area contributed by atoms with Crippen molar-refractivity contribution < 1.29 is 0 Å². The molecule has 2 heteroatoms. The lowest BCUT2D eigenvalue weighted by Gasteiger charge is -2.24. The average molecular weight is 320 g/mol. The lowest BCUT2D eigenvalue weighted by molar-refractivity contribution is 0.738. The number of aryl methyl sites for hydroxylation is 4. The van der Waals surface area contributed by atoms with E-state index in [0.29, 0.717) is 11.4 Å². The number of hydrogen-bond donors (Lipinski definition) is 2. The van der Waals surface area contributed by atoms with Crippen LogP contribution >= 0.6 is 0 Å². The summed E-state index contributed by atoms with van der Waals surface area (Å²) < 4.78 is 0. The van der Waals surface area contributed by atoms with Gasteiger partial charge >= 0.3 is 0 Å². The molecule has 2 aromatic rings. The second-order valence-corrected chi connectivity index (χ2v) is 6.70. The van der Waals surface area contributed by atoms with Crippen LogP contribution < -0.4 is 0 Å². The first kappa shape index (κ1) is 18.1. The predicted octanol–water partition coefficient (Wildman–Crippen LogP) is 5.89. The zero-order chi connectivity index (χ0) is 17.9. The van der Waals surface area contributed by atoms with E-state index in [1.165, 1.54) is 16.7 Å². The highest BCUT2D eigenvalue weighted by molar-refractivity contribution is 6.48. The zero-order valence-corrected chi connectivity index (χ0v) is 15.5. The van der Waals surface area contributed by atoms with Crippen molar-refractivity contribution in [3.63, 3.8) is 0 Å². The van der Waals surface area contributed by atoms with Crippen molar-refractivity contribution in [2.24, 2.45) is 0 Å². The van der Waals surface area contributed by atoms with Gasteiger partial charge in [-0.1, -0.05) is 49.7 Å². The second kappa shape index (κ2) is 7.57. The van der Waals surface area contributed by atoms with Gasteiger partial charge in [0.15, 0.2) is 0 Å². The van der Waals surface area contributed by atoms with Gasteiger partial charge in [-0.05, 0) is 61.9 Å². The van der Waals surface area contributed by atoms with E-state index in [9.17, 15) is 0 Å². The van der Waals surface area contributed by atoms with Gasteiger partial charge in [0.25, 0.3) is 0 Å². The molecule has 0 aliphatic heterocycles. The molecule has 126 valence electrons. The van der Waals surface area contributed by atoms with Crippen LogP contribution in [0.5, 0.6) is 0 Å². The summed E-state index contributed by atoms with van der Waals surface area (Å²) >= 11 is 0. The smallest absolute Gasteiger partial charge is 0.0831 e. The maximum absolute atomic E-state index is 8.79. The first-order valence-corrected chi connectivity index (χ1v) is 8.68. The van der Waals surface area contributed by atoms with Crippen LogP contribution in [0.25, 0.3) is 0 Å². The summed E-state index contributed by atoms with van der Waals surface area (Å²) in [4.78, 5) is 0. The largest absolute Gasteiger partial charge is 0.302 e. The van der Waals surface area contributed by atoms with Gasteiger partial charge in [-0.2, -0.15) is 0 Å². The van der Waals surface area contributed by atoms with Gasteiger partial charge in [0.1, 0.15) is 0 Å². The molecular weight excluding hydrogens is 292 g/mol. The number of rotatable bonds is 6. The number of benzene rings is 2. The number of nitrogens with one attached hydrogen (secondary N) is 2. The highest BCUT2D eigenvalue weighted by Gasteiger charge is 2.25. The molecule has 24 heavy (non-hydrogen) atoms.